The van der Waals surface area contributed by atoms with Crippen LogP contribution < -0.4 is 0 Å². The minimum absolute atomic E-state index is 0.0473. The highest BCUT2D eigenvalue weighted by molar-refractivity contribution is 5.76. The van der Waals surface area contributed by atoms with Gasteiger partial charge < -0.3 is 14.9 Å². The van der Waals surface area contributed by atoms with E-state index in [1.165, 1.54) is 12.8 Å². The summed E-state index contributed by atoms with van der Waals surface area (Å²) in [6, 6.07) is 0.354. The smallest absolute Gasteiger partial charge is 0.320 e. The highest BCUT2D eigenvalue weighted by Gasteiger charge is 2.38. The lowest BCUT2D eigenvalue weighted by Crippen LogP contribution is -2.56. The lowest BCUT2D eigenvalue weighted by molar-refractivity contribution is -0.139. The van der Waals surface area contributed by atoms with E-state index in [9.17, 15) is 9.59 Å². The number of aliphatic carboxylic acids is 1. The van der Waals surface area contributed by atoms with Crippen LogP contribution in [0.3, 0.4) is 0 Å². The van der Waals surface area contributed by atoms with Gasteiger partial charge in [-0.3, -0.25) is 4.79 Å². The van der Waals surface area contributed by atoms with Gasteiger partial charge in [-0.1, -0.05) is 0 Å². The molecule has 1 N–H and O–H groups in total. The van der Waals surface area contributed by atoms with Crippen LogP contribution in [0.15, 0.2) is 0 Å². The van der Waals surface area contributed by atoms with Crippen LogP contribution in [-0.4, -0.2) is 53.1 Å². The van der Waals surface area contributed by atoms with Gasteiger partial charge in [-0.2, -0.15) is 0 Å². The molecule has 2 rings (SSSR count). The fraction of sp³-hybridized carbons (Fsp3) is 0.833. The number of carboxylic acids is 1. The van der Waals surface area contributed by atoms with Gasteiger partial charge in [-0.15, -0.1) is 0 Å². The fourth-order valence-corrected chi connectivity index (χ4v) is 2.39. The number of carbonyl (C=O) groups excluding carboxylic acids is 1. The van der Waals surface area contributed by atoms with Crippen LogP contribution in [0.25, 0.3) is 0 Å². The normalized spacial score (nSPS) is 21.9. The highest BCUT2D eigenvalue weighted by Crippen LogP contribution is 2.35. The standard InChI is InChI=1S/C12H20N2O3/c1-8(10-3-4-10)13(2)12(17)14-6-9(7-14)5-11(15)16/h8-10H,3-7H2,1-2H3,(H,15,16). The Morgan fingerprint density at radius 1 is 1.41 bits per heavy atom. The van der Waals surface area contributed by atoms with Gasteiger partial charge in [0.2, 0.25) is 0 Å². The Kier molecular flexibility index (Phi) is 3.26. The largest absolute Gasteiger partial charge is 0.481 e. The number of amides is 2. The molecular weight excluding hydrogens is 220 g/mol. The number of likely N-dealkylation sites (tertiary alicyclic amines) is 1. The summed E-state index contributed by atoms with van der Waals surface area (Å²) >= 11 is 0. The molecule has 1 aliphatic carbocycles. The van der Waals surface area contributed by atoms with Crippen molar-refractivity contribution in [3.8, 4) is 0 Å². The predicted octanol–water partition coefficient (Wildman–Crippen LogP) is 1.24. The van der Waals surface area contributed by atoms with Crippen LogP contribution in [0.2, 0.25) is 0 Å². The molecule has 96 valence electrons. The molecule has 1 aliphatic heterocycles. The molecular formula is C12H20N2O3. The van der Waals surface area contributed by atoms with E-state index in [2.05, 4.69) is 6.92 Å². The van der Waals surface area contributed by atoms with E-state index in [1.807, 2.05) is 7.05 Å². The molecule has 1 heterocycles. The Balaban J connectivity index is 1.76. The van der Waals surface area contributed by atoms with Crippen LogP contribution in [0.4, 0.5) is 4.79 Å². The third-order valence-corrected chi connectivity index (χ3v) is 3.91. The molecule has 0 aromatic carbocycles. The molecule has 1 saturated carbocycles. The predicted molar refractivity (Wildman–Crippen MR) is 62.7 cm³/mol. The van der Waals surface area contributed by atoms with Crippen LogP contribution >= 0.6 is 0 Å². The van der Waals surface area contributed by atoms with Gasteiger partial charge in [0.05, 0.1) is 6.42 Å². The molecule has 0 bridgehead atoms. The molecule has 0 spiro atoms. The fourth-order valence-electron chi connectivity index (χ4n) is 2.39. The Labute approximate surface area is 101 Å². The Hall–Kier alpha value is -1.26. The summed E-state index contributed by atoms with van der Waals surface area (Å²) in [5.74, 6) is 0.0305. The van der Waals surface area contributed by atoms with Gasteiger partial charge in [0.1, 0.15) is 0 Å². The summed E-state index contributed by atoms with van der Waals surface area (Å²) < 4.78 is 0. The first-order valence-electron chi connectivity index (χ1n) is 6.22. The molecule has 2 aliphatic rings. The van der Waals surface area contributed by atoms with E-state index in [0.29, 0.717) is 25.0 Å². The number of rotatable bonds is 4. The SMILES string of the molecule is CC(C1CC1)N(C)C(=O)N1CC(CC(=O)O)C1. The number of hydrogen-bond donors (Lipinski definition) is 1. The van der Waals surface area contributed by atoms with Gasteiger partial charge in [-0.05, 0) is 25.7 Å². The Morgan fingerprint density at radius 2 is 2.00 bits per heavy atom. The van der Waals surface area contributed by atoms with Crippen molar-refractivity contribution in [3.05, 3.63) is 0 Å². The average Bonchev–Trinajstić information content (AvgIpc) is 3.03. The van der Waals surface area contributed by atoms with Crippen LogP contribution in [-0.2, 0) is 4.79 Å². The second-order valence-electron chi connectivity index (χ2n) is 5.34. The molecule has 2 amide bonds. The molecule has 5 nitrogen and oxygen atoms in total. The van der Waals surface area contributed by atoms with Crippen molar-refractivity contribution < 1.29 is 14.7 Å². The molecule has 1 unspecified atom stereocenters. The third-order valence-electron chi connectivity index (χ3n) is 3.91. The zero-order valence-electron chi connectivity index (χ0n) is 10.4. The molecule has 5 heteroatoms. The first-order valence-corrected chi connectivity index (χ1v) is 6.22. The molecule has 1 saturated heterocycles. The second kappa shape index (κ2) is 4.55. The van der Waals surface area contributed by atoms with Gasteiger partial charge in [0, 0.05) is 32.1 Å². The summed E-state index contributed by atoms with van der Waals surface area (Å²) in [6.07, 6.45) is 2.62. The van der Waals surface area contributed by atoms with E-state index in [0.717, 1.165) is 0 Å². The molecule has 0 aromatic rings. The summed E-state index contributed by atoms with van der Waals surface area (Å²) in [5.41, 5.74) is 0. The van der Waals surface area contributed by atoms with Crippen molar-refractivity contribution in [3.63, 3.8) is 0 Å². The molecule has 0 aromatic heterocycles. The van der Waals surface area contributed by atoms with E-state index in [4.69, 9.17) is 5.11 Å². The van der Waals surface area contributed by atoms with Gasteiger partial charge >= 0.3 is 12.0 Å². The number of carboxylic acid groups (broad SMARTS) is 1. The highest BCUT2D eigenvalue weighted by atomic mass is 16.4. The topological polar surface area (TPSA) is 60.9 Å². The number of carbonyl (C=O) groups is 2. The van der Waals surface area contributed by atoms with Crippen molar-refractivity contribution in [2.45, 2.75) is 32.2 Å². The van der Waals surface area contributed by atoms with Crippen molar-refractivity contribution in [1.29, 1.82) is 0 Å². The summed E-state index contributed by atoms with van der Waals surface area (Å²) in [6.45, 7) is 3.27. The van der Waals surface area contributed by atoms with Gasteiger partial charge in [0.25, 0.3) is 0 Å². The number of hydrogen-bond acceptors (Lipinski definition) is 2. The molecule has 1 atom stereocenters. The quantitative estimate of drug-likeness (QED) is 0.804. The average molecular weight is 240 g/mol. The van der Waals surface area contributed by atoms with E-state index < -0.39 is 5.97 Å². The van der Waals surface area contributed by atoms with E-state index >= 15 is 0 Å². The zero-order chi connectivity index (χ0) is 12.6. The monoisotopic (exact) mass is 240 g/mol. The molecule has 17 heavy (non-hydrogen) atoms. The van der Waals surface area contributed by atoms with Crippen LogP contribution in [0, 0.1) is 11.8 Å². The minimum Gasteiger partial charge on any atom is -0.481 e. The van der Waals surface area contributed by atoms with Crippen LogP contribution in [0.5, 0.6) is 0 Å². The Morgan fingerprint density at radius 3 is 2.47 bits per heavy atom. The van der Waals surface area contributed by atoms with Gasteiger partial charge in [0.15, 0.2) is 0 Å². The molecule has 0 radical (unpaired) electrons. The van der Waals surface area contributed by atoms with Crippen LogP contribution in [0.1, 0.15) is 26.2 Å². The molecule has 2 fully saturated rings. The van der Waals surface area contributed by atoms with E-state index in [-0.39, 0.29) is 18.4 Å². The van der Waals surface area contributed by atoms with Crippen molar-refractivity contribution >= 4 is 12.0 Å². The minimum atomic E-state index is -0.776. The third kappa shape index (κ3) is 2.70. The van der Waals surface area contributed by atoms with Crippen molar-refractivity contribution in [2.24, 2.45) is 11.8 Å². The lowest BCUT2D eigenvalue weighted by Gasteiger charge is -2.42. The maximum absolute atomic E-state index is 12.0. The van der Waals surface area contributed by atoms with Crippen molar-refractivity contribution in [1.82, 2.24) is 9.80 Å². The maximum atomic E-state index is 12.0. The van der Waals surface area contributed by atoms with E-state index in [1.54, 1.807) is 9.80 Å². The second-order valence-corrected chi connectivity index (χ2v) is 5.34. The van der Waals surface area contributed by atoms with Crippen molar-refractivity contribution in [2.75, 3.05) is 20.1 Å². The first-order chi connectivity index (χ1) is 7.99. The number of nitrogens with zero attached hydrogens (tertiary/aromatic N) is 2. The maximum Gasteiger partial charge on any atom is 0.320 e. The lowest BCUT2D eigenvalue weighted by atomic mass is 9.97. The Bertz CT molecular complexity index is 322. The first kappa shape index (κ1) is 12.2. The summed E-state index contributed by atoms with van der Waals surface area (Å²) in [7, 11) is 1.84. The summed E-state index contributed by atoms with van der Waals surface area (Å²) in [5, 5.41) is 8.64. The van der Waals surface area contributed by atoms with Gasteiger partial charge in [-0.25, -0.2) is 4.79 Å². The summed E-state index contributed by atoms with van der Waals surface area (Å²) in [4.78, 5) is 26.1. The number of urea groups is 1. The zero-order valence-corrected chi connectivity index (χ0v) is 10.4.